The molecular formula is C23H23ClN4O5S. The van der Waals surface area contributed by atoms with Crippen molar-refractivity contribution in [3.8, 4) is 11.3 Å². The molecule has 2 heterocycles. The van der Waals surface area contributed by atoms with Crippen molar-refractivity contribution in [2.75, 3.05) is 32.8 Å². The topological polar surface area (TPSA) is 111 Å². The van der Waals surface area contributed by atoms with Gasteiger partial charge in [-0.3, -0.25) is 9.59 Å². The van der Waals surface area contributed by atoms with Gasteiger partial charge in [-0.25, -0.2) is 13.1 Å². The molecule has 9 nitrogen and oxygen atoms in total. The molecule has 4 rings (SSSR count). The van der Waals surface area contributed by atoms with Crippen LogP contribution >= 0.6 is 11.6 Å². The van der Waals surface area contributed by atoms with Crippen LogP contribution in [-0.4, -0.2) is 61.3 Å². The summed E-state index contributed by atoms with van der Waals surface area (Å²) in [4.78, 5) is 24.8. The zero-order valence-electron chi connectivity index (χ0n) is 18.2. The van der Waals surface area contributed by atoms with Gasteiger partial charge in [-0.1, -0.05) is 23.7 Å². The van der Waals surface area contributed by atoms with Crippen LogP contribution in [0.1, 0.15) is 10.4 Å². The second-order valence-electron chi connectivity index (χ2n) is 7.58. The molecule has 3 aromatic rings. The number of ether oxygens (including phenoxy) is 1. The zero-order chi connectivity index (χ0) is 24.1. The van der Waals surface area contributed by atoms with E-state index >= 15 is 0 Å². The number of halogens is 1. The fraction of sp³-hybridized carbons (Fsp3) is 0.261. The summed E-state index contributed by atoms with van der Waals surface area (Å²) in [5.41, 5.74) is 1.45. The standard InChI is InChI=1S/C23H23ClN4O5S/c24-19-5-1-17(2-6-19)21-9-10-22(29)28(26-21)12-11-25-23(30)18-3-7-20(8-4-18)34(31,32)27-13-15-33-16-14-27/h1-10H,11-16H2,(H,25,30). The lowest BCUT2D eigenvalue weighted by atomic mass is 10.1. The van der Waals surface area contributed by atoms with Crippen molar-refractivity contribution in [1.82, 2.24) is 19.4 Å². The number of carbonyl (C=O) groups is 1. The third-order valence-electron chi connectivity index (χ3n) is 5.34. The zero-order valence-corrected chi connectivity index (χ0v) is 19.8. The molecule has 1 saturated heterocycles. The molecule has 1 aromatic heterocycles. The highest BCUT2D eigenvalue weighted by atomic mass is 35.5. The van der Waals surface area contributed by atoms with Gasteiger partial charge >= 0.3 is 0 Å². The monoisotopic (exact) mass is 502 g/mol. The van der Waals surface area contributed by atoms with E-state index in [2.05, 4.69) is 10.4 Å². The first-order valence-electron chi connectivity index (χ1n) is 10.6. The maximum absolute atomic E-state index is 12.7. The minimum Gasteiger partial charge on any atom is -0.379 e. The minimum absolute atomic E-state index is 0.126. The Kier molecular flexibility index (Phi) is 7.42. The Hall–Kier alpha value is -3.05. The molecule has 0 atom stereocenters. The lowest BCUT2D eigenvalue weighted by molar-refractivity contribution is 0.0730. The molecule has 1 aliphatic rings. The first kappa shape index (κ1) is 24.1. The van der Waals surface area contributed by atoms with Crippen LogP contribution in [0.4, 0.5) is 0 Å². The third kappa shape index (κ3) is 5.53. The molecular weight excluding hydrogens is 480 g/mol. The van der Waals surface area contributed by atoms with E-state index in [0.717, 1.165) is 5.56 Å². The summed E-state index contributed by atoms with van der Waals surface area (Å²) in [6.45, 7) is 1.67. The van der Waals surface area contributed by atoms with Crippen molar-refractivity contribution in [2.45, 2.75) is 11.4 Å². The Bertz CT molecular complexity index is 1320. The highest BCUT2D eigenvalue weighted by Crippen LogP contribution is 2.19. The first-order valence-corrected chi connectivity index (χ1v) is 12.5. The molecule has 1 fully saturated rings. The first-order chi connectivity index (χ1) is 16.3. The van der Waals surface area contributed by atoms with Crippen molar-refractivity contribution in [3.05, 3.63) is 81.6 Å². The molecule has 1 amide bonds. The van der Waals surface area contributed by atoms with Crippen LogP contribution in [0.25, 0.3) is 11.3 Å². The molecule has 0 bridgehead atoms. The van der Waals surface area contributed by atoms with Gasteiger partial charge in [0.25, 0.3) is 11.5 Å². The van der Waals surface area contributed by atoms with Gasteiger partial charge in [-0.2, -0.15) is 9.40 Å². The van der Waals surface area contributed by atoms with E-state index in [4.69, 9.17) is 16.3 Å². The predicted molar refractivity (Wildman–Crippen MR) is 127 cm³/mol. The number of aromatic nitrogens is 2. The van der Waals surface area contributed by atoms with Gasteiger partial charge in [0, 0.05) is 41.9 Å². The van der Waals surface area contributed by atoms with Gasteiger partial charge in [-0.05, 0) is 42.5 Å². The van der Waals surface area contributed by atoms with E-state index in [1.165, 1.54) is 39.3 Å². The van der Waals surface area contributed by atoms with Crippen molar-refractivity contribution in [3.63, 3.8) is 0 Å². The average Bonchev–Trinajstić information content (AvgIpc) is 2.86. The average molecular weight is 503 g/mol. The Labute approximate surface area is 202 Å². The highest BCUT2D eigenvalue weighted by molar-refractivity contribution is 7.89. The van der Waals surface area contributed by atoms with E-state index in [9.17, 15) is 18.0 Å². The Morgan fingerprint density at radius 2 is 1.68 bits per heavy atom. The van der Waals surface area contributed by atoms with Gasteiger partial charge < -0.3 is 10.1 Å². The third-order valence-corrected chi connectivity index (χ3v) is 7.50. The number of hydrogen-bond acceptors (Lipinski definition) is 6. The number of sulfonamides is 1. The molecule has 0 saturated carbocycles. The number of hydrogen-bond donors (Lipinski definition) is 1. The summed E-state index contributed by atoms with van der Waals surface area (Å²) in [7, 11) is -3.62. The molecule has 11 heteroatoms. The fourth-order valence-electron chi connectivity index (χ4n) is 3.48. The van der Waals surface area contributed by atoms with Crippen LogP contribution < -0.4 is 10.9 Å². The summed E-state index contributed by atoms with van der Waals surface area (Å²) in [6.07, 6.45) is 0. The van der Waals surface area contributed by atoms with Crippen LogP contribution in [0.5, 0.6) is 0 Å². The number of carbonyl (C=O) groups excluding carboxylic acids is 1. The highest BCUT2D eigenvalue weighted by Gasteiger charge is 2.26. The number of benzene rings is 2. The van der Waals surface area contributed by atoms with Gasteiger partial charge in [0.15, 0.2) is 0 Å². The van der Waals surface area contributed by atoms with Crippen molar-refractivity contribution < 1.29 is 17.9 Å². The second-order valence-corrected chi connectivity index (χ2v) is 9.96. The number of morpholine rings is 1. The summed E-state index contributed by atoms with van der Waals surface area (Å²) in [5.74, 6) is -0.378. The number of nitrogens with one attached hydrogen (secondary N) is 1. The molecule has 0 radical (unpaired) electrons. The molecule has 34 heavy (non-hydrogen) atoms. The minimum atomic E-state index is -3.62. The normalized spacial score (nSPS) is 14.6. The van der Waals surface area contributed by atoms with Crippen LogP contribution in [0.3, 0.4) is 0 Å². The molecule has 0 spiro atoms. The lowest BCUT2D eigenvalue weighted by Gasteiger charge is -2.26. The van der Waals surface area contributed by atoms with Gasteiger partial charge in [0.1, 0.15) is 0 Å². The molecule has 1 N–H and O–H groups in total. The maximum Gasteiger partial charge on any atom is 0.266 e. The van der Waals surface area contributed by atoms with Crippen molar-refractivity contribution in [2.24, 2.45) is 0 Å². The lowest BCUT2D eigenvalue weighted by Crippen LogP contribution is -2.40. The Morgan fingerprint density at radius 3 is 2.35 bits per heavy atom. The summed E-state index contributed by atoms with van der Waals surface area (Å²) < 4.78 is 33.3. The second kappa shape index (κ2) is 10.5. The molecule has 2 aromatic carbocycles. The number of rotatable bonds is 7. The largest absolute Gasteiger partial charge is 0.379 e. The van der Waals surface area contributed by atoms with Gasteiger partial charge in [0.05, 0.1) is 30.3 Å². The quantitative estimate of drug-likeness (QED) is 0.529. The Balaban J connectivity index is 1.37. The van der Waals surface area contributed by atoms with Crippen LogP contribution in [0.15, 0.2) is 70.4 Å². The fourth-order valence-corrected chi connectivity index (χ4v) is 5.01. The number of amides is 1. The van der Waals surface area contributed by atoms with Crippen LogP contribution in [-0.2, 0) is 21.3 Å². The van der Waals surface area contributed by atoms with Crippen LogP contribution in [0.2, 0.25) is 5.02 Å². The SMILES string of the molecule is O=C(NCCn1nc(-c2ccc(Cl)cc2)ccc1=O)c1ccc(S(=O)(=O)N2CCOCC2)cc1. The van der Waals surface area contributed by atoms with Crippen molar-refractivity contribution in [1.29, 1.82) is 0 Å². The van der Waals surface area contributed by atoms with Gasteiger partial charge in [-0.15, -0.1) is 0 Å². The summed E-state index contributed by atoms with van der Waals surface area (Å²) in [5, 5.41) is 7.69. The van der Waals surface area contributed by atoms with E-state index in [0.29, 0.717) is 42.6 Å². The molecule has 178 valence electrons. The smallest absolute Gasteiger partial charge is 0.266 e. The molecule has 1 aliphatic heterocycles. The molecule has 0 unspecified atom stereocenters. The molecule has 0 aliphatic carbocycles. The van der Waals surface area contributed by atoms with E-state index in [1.807, 2.05) is 12.1 Å². The van der Waals surface area contributed by atoms with Gasteiger partial charge in [0.2, 0.25) is 10.0 Å². The van der Waals surface area contributed by atoms with E-state index < -0.39 is 10.0 Å². The predicted octanol–water partition coefficient (Wildman–Crippen LogP) is 2.01. The maximum atomic E-state index is 12.7. The van der Waals surface area contributed by atoms with E-state index in [1.54, 1.807) is 18.2 Å². The van der Waals surface area contributed by atoms with Crippen molar-refractivity contribution >= 4 is 27.5 Å². The van der Waals surface area contributed by atoms with Crippen LogP contribution in [0, 0.1) is 0 Å². The number of nitrogens with zero attached hydrogens (tertiary/aromatic N) is 3. The van der Waals surface area contributed by atoms with E-state index in [-0.39, 0.29) is 29.5 Å². The Morgan fingerprint density at radius 1 is 1.00 bits per heavy atom. The summed E-state index contributed by atoms with van der Waals surface area (Å²) in [6, 6.07) is 15.9. The summed E-state index contributed by atoms with van der Waals surface area (Å²) >= 11 is 5.92.